The van der Waals surface area contributed by atoms with Gasteiger partial charge in [-0.2, -0.15) is 0 Å². The van der Waals surface area contributed by atoms with Crippen LogP contribution in [0.2, 0.25) is 0 Å². The van der Waals surface area contributed by atoms with Gasteiger partial charge in [0.25, 0.3) is 0 Å². The Labute approximate surface area is 120 Å². The van der Waals surface area contributed by atoms with Gasteiger partial charge in [-0.05, 0) is 51.9 Å². The minimum atomic E-state index is -1.04. The number of ether oxygens (including phenoxy) is 2. The van der Waals surface area contributed by atoms with Crippen molar-refractivity contribution in [2.45, 2.75) is 76.2 Å². The van der Waals surface area contributed by atoms with Crippen molar-refractivity contribution in [2.24, 2.45) is 11.7 Å². The number of carboxylic acid groups (broad SMARTS) is 1. The number of carboxylic acids is 1. The molecule has 116 valence electrons. The highest BCUT2D eigenvalue weighted by molar-refractivity contribution is 5.79. The van der Waals surface area contributed by atoms with Crippen LogP contribution in [0.5, 0.6) is 0 Å². The van der Waals surface area contributed by atoms with Crippen LogP contribution in [0.15, 0.2) is 0 Å². The molecule has 0 amide bonds. The zero-order chi connectivity index (χ0) is 14.8. The summed E-state index contributed by atoms with van der Waals surface area (Å²) >= 11 is 0. The van der Waals surface area contributed by atoms with Gasteiger partial charge in [0.05, 0.1) is 18.3 Å². The van der Waals surface area contributed by atoms with E-state index in [4.69, 9.17) is 15.2 Å². The topological polar surface area (TPSA) is 81.8 Å². The first-order valence-corrected chi connectivity index (χ1v) is 7.71. The van der Waals surface area contributed by atoms with E-state index in [1.165, 1.54) is 0 Å². The van der Waals surface area contributed by atoms with Gasteiger partial charge in [-0.3, -0.25) is 4.79 Å². The van der Waals surface area contributed by atoms with E-state index >= 15 is 0 Å². The number of aliphatic carboxylic acids is 1. The highest BCUT2D eigenvalue weighted by atomic mass is 16.5. The fourth-order valence-electron chi connectivity index (χ4n) is 3.64. The van der Waals surface area contributed by atoms with Gasteiger partial charge < -0.3 is 20.3 Å². The Hall–Kier alpha value is -0.650. The molecule has 4 atom stereocenters. The molecule has 0 radical (unpaired) electrons. The molecule has 2 aliphatic rings. The summed E-state index contributed by atoms with van der Waals surface area (Å²) in [4.78, 5) is 11.3. The fourth-order valence-corrected chi connectivity index (χ4v) is 3.64. The molecule has 1 saturated carbocycles. The zero-order valence-corrected chi connectivity index (χ0v) is 12.5. The fraction of sp³-hybridized carbons (Fsp3) is 0.933. The summed E-state index contributed by atoms with van der Waals surface area (Å²) in [5, 5.41) is 9.28. The second-order valence-electron chi connectivity index (χ2n) is 6.44. The van der Waals surface area contributed by atoms with E-state index in [0.29, 0.717) is 13.0 Å². The van der Waals surface area contributed by atoms with Gasteiger partial charge in [0.15, 0.2) is 0 Å². The lowest BCUT2D eigenvalue weighted by molar-refractivity contribution is -0.145. The Kier molecular flexibility index (Phi) is 5.04. The lowest BCUT2D eigenvalue weighted by atomic mass is 9.86. The molecule has 20 heavy (non-hydrogen) atoms. The van der Waals surface area contributed by atoms with Crippen molar-refractivity contribution in [1.29, 1.82) is 0 Å². The van der Waals surface area contributed by atoms with Crippen molar-refractivity contribution in [3.05, 3.63) is 0 Å². The van der Waals surface area contributed by atoms with Gasteiger partial charge in [-0.15, -0.1) is 0 Å². The van der Waals surface area contributed by atoms with E-state index in [0.717, 1.165) is 32.1 Å². The third kappa shape index (κ3) is 3.51. The zero-order valence-electron chi connectivity index (χ0n) is 12.5. The number of rotatable bonds is 5. The molecule has 1 saturated heterocycles. The van der Waals surface area contributed by atoms with Gasteiger partial charge in [0.2, 0.25) is 0 Å². The molecule has 3 N–H and O–H groups in total. The SMILES string of the molecule is CC1CC(OCCC2CCCC2(N)C(=O)O)CC(C)O1. The summed E-state index contributed by atoms with van der Waals surface area (Å²) in [7, 11) is 0. The van der Waals surface area contributed by atoms with Gasteiger partial charge in [0.1, 0.15) is 5.54 Å². The molecule has 0 aromatic heterocycles. The maximum atomic E-state index is 11.3. The first-order chi connectivity index (χ1) is 9.41. The van der Waals surface area contributed by atoms with Gasteiger partial charge >= 0.3 is 5.97 Å². The summed E-state index contributed by atoms with van der Waals surface area (Å²) in [5.74, 6) is -0.831. The number of hydrogen-bond acceptors (Lipinski definition) is 4. The van der Waals surface area contributed by atoms with Crippen molar-refractivity contribution in [2.75, 3.05) is 6.61 Å². The number of carbonyl (C=O) groups is 1. The van der Waals surface area contributed by atoms with Crippen molar-refractivity contribution in [3.63, 3.8) is 0 Å². The normalized spacial score (nSPS) is 41.8. The van der Waals surface area contributed by atoms with Crippen LogP contribution in [0.3, 0.4) is 0 Å². The van der Waals surface area contributed by atoms with Crippen LogP contribution in [0.1, 0.15) is 52.4 Å². The molecule has 0 bridgehead atoms. The molecule has 0 spiro atoms. The summed E-state index contributed by atoms with van der Waals surface area (Å²) in [6.45, 7) is 4.73. The minimum absolute atomic E-state index is 0.0367. The predicted molar refractivity (Wildman–Crippen MR) is 75.5 cm³/mol. The molecule has 0 aromatic rings. The summed E-state index contributed by atoms with van der Waals surface area (Å²) in [5.41, 5.74) is 4.99. The van der Waals surface area contributed by atoms with Crippen molar-refractivity contribution < 1.29 is 19.4 Å². The van der Waals surface area contributed by atoms with Gasteiger partial charge in [-0.1, -0.05) is 6.42 Å². The molecule has 1 aliphatic heterocycles. The molecule has 2 fully saturated rings. The molecule has 2 rings (SSSR count). The van der Waals surface area contributed by atoms with E-state index in [9.17, 15) is 9.90 Å². The molecular formula is C15H27NO4. The van der Waals surface area contributed by atoms with E-state index in [-0.39, 0.29) is 24.2 Å². The van der Waals surface area contributed by atoms with Crippen LogP contribution in [0.25, 0.3) is 0 Å². The number of hydrogen-bond donors (Lipinski definition) is 2. The molecule has 1 aliphatic carbocycles. The van der Waals surface area contributed by atoms with Crippen LogP contribution in [-0.4, -0.2) is 41.5 Å². The van der Waals surface area contributed by atoms with Crippen LogP contribution in [0, 0.1) is 5.92 Å². The van der Waals surface area contributed by atoms with E-state index in [1.54, 1.807) is 0 Å². The largest absolute Gasteiger partial charge is 0.480 e. The quantitative estimate of drug-likeness (QED) is 0.806. The molecule has 0 aromatic carbocycles. The van der Waals surface area contributed by atoms with Crippen LogP contribution in [-0.2, 0) is 14.3 Å². The van der Waals surface area contributed by atoms with Crippen molar-refractivity contribution >= 4 is 5.97 Å². The van der Waals surface area contributed by atoms with E-state index < -0.39 is 11.5 Å². The Morgan fingerprint density at radius 3 is 2.65 bits per heavy atom. The lowest BCUT2D eigenvalue weighted by Gasteiger charge is -2.33. The summed E-state index contributed by atoms with van der Waals surface area (Å²) in [6.07, 6.45) is 5.66. The molecular weight excluding hydrogens is 258 g/mol. The Bertz CT molecular complexity index is 339. The molecule has 1 heterocycles. The highest BCUT2D eigenvalue weighted by Gasteiger charge is 2.45. The minimum Gasteiger partial charge on any atom is -0.480 e. The highest BCUT2D eigenvalue weighted by Crippen LogP contribution is 2.36. The maximum Gasteiger partial charge on any atom is 0.323 e. The summed E-state index contributed by atoms with van der Waals surface area (Å²) < 4.78 is 11.6. The van der Waals surface area contributed by atoms with Crippen LogP contribution < -0.4 is 5.73 Å². The molecule has 5 nitrogen and oxygen atoms in total. The van der Waals surface area contributed by atoms with Gasteiger partial charge in [0, 0.05) is 6.61 Å². The van der Waals surface area contributed by atoms with E-state index in [2.05, 4.69) is 13.8 Å². The average Bonchev–Trinajstić information content (AvgIpc) is 2.71. The Morgan fingerprint density at radius 2 is 2.05 bits per heavy atom. The first-order valence-electron chi connectivity index (χ1n) is 7.71. The number of nitrogens with two attached hydrogens (primary N) is 1. The maximum absolute atomic E-state index is 11.3. The molecule has 5 heteroatoms. The third-order valence-electron chi connectivity index (χ3n) is 4.74. The Morgan fingerprint density at radius 1 is 1.40 bits per heavy atom. The smallest absolute Gasteiger partial charge is 0.323 e. The van der Waals surface area contributed by atoms with E-state index in [1.807, 2.05) is 0 Å². The van der Waals surface area contributed by atoms with Crippen LogP contribution >= 0.6 is 0 Å². The third-order valence-corrected chi connectivity index (χ3v) is 4.74. The van der Waals surface area contributed by atoms with Gasteiger partial charge in [-0.25, -0.2) is 0 Å². The lowest BCUT2D eigenvalue weighted by Crippen LogP contribution is -2.51. The molecule has 4 unspecified atom stereocenters. The second-order valence-corrected chi connectivity index (χ2v) is 6.44. The Balaban J connectivity index is 1.77. The second kappa shape index (κ2) is 6.41. The standard InChI is InChI=1S/C15H27NO4/c1-10-8-13(9-11(2)20-10)19-7-5-12-4-3-6-15(12,16)14(17)18/h10-13H,3-9,16H2,1-2H3,(H,17,18). The predicted octanol–water partition coefficient (Wildman–Crippen LogP) is 1.93. The average molecular weight is 285 g/mol. The van der Waals surface area contributed by atoms with Crippen molar-refractivity contribution in [3.8, 4) is 0 Å². The van der Waals surface area contributed by atoms with Crippen molar-refractivity contribution in [1.82, 2.24) is 0 Å². The monoisotopic (exact) mass is 285 g/mol. The summed E-state index contributed by atoms with van der Waals surface area (Å²) in [6, 6.07) is 0. The first kappa shape index (κ1) is 15.7. The van der Waals surface area contributed by atoms with Crippen LogP contribution in [0.4, 0.5) is 0 Å².